The van der Waals surface area contributed by atoms with Crippen molar-refractivity contribution in [1.82, 2.24) is 4.98 Å². The molecule has 2 rings (SSSR count). The smallest absolute Gasteiger partial charge is 0.144 e. The van der Waals surface area contributed by atoms with Crippen molar-refractivity contribution in [2.24, 2.45) is 0 Å². The number of aromatic nitrogens is 1. The molecule has 1 unspecified atom stereocenters. The summed E-state index contributed by atoms with van der Waals surface area (Å²) in [7, 11) is 0. The van der Waals surface area contributed by atoms with Gasteiger partial charge in [-0.2, -0.15) is 0 Å². The number of hydrogen-bond donors (Lipinski definition) is 2. The monoisotopic (exact) mass is 208 g/mol. The maximum atomic E-state index is 9.15. The van der Waals surface area contributed by atoms with Crippen molar-refractivity contribution < 1.29 is 5.11 Å². The van der Waals surface area contributed by atoms with Crippen molar-refractivity contribution in [1.29, 1.82) is 0 Å². The van der Waals surface area contributed by atoms with Crippen molar-refractivity contribution in [2.75, 3.05) is 11.9 Å². The second kappa shape index (κ2) is 3.94. The van der Waals surface area contributed by atoms with E-state index in [-0.39, 0.29) is 6.10 Å². The molecule has 2 heterocycles. The van der Waals surface area contributed by atoms with Gasteiger partial charge in [-0.25, -0.2) is 4.98 Å². The molecule has 0 fully saturated rings. The molecule has 0 bridgehead atoms. The number of pyridine rings is 1. The first-order valence-electron chi connectivity index (χ1n) is 4.51. The summed E-state index contributed by atoms with van der Waals surface area (Å²) in [6.45, 7) is 2.28. The van der Waals surface area contributed by atoms with Crippen LogP contribution in [0.25, 0.3) is 10.1 Å². The highest BCUT2D eigenvalue weighted by Gasteiger charge is 2.03. The molecule has 0 aliphatic heterocycles. The Kier molecular flexibility index (Phi) is 2.65. The predicted octanol–water partition coefficient (Wildman–Crippen LogP) is 2.09. The SMILES string of the molecule is CC(O)CNc1nccc2ccsc12. The number of rotatable bonds is 3. The van der Waals surface area contributed by atoms with Gasteiger partial charge in [0.2, 0.25) is 0 Å². The van der Waals surface area contributed by atoms with E-state index in [1.165, 1.54) is 5.39 Å². The lowest BCUT2D eigenvalue weighted by atomic mass is 10.3. The molecule has 2 aromatic heterocycles. The summed E-state index contributed by atoms with van der Waals surface area (Å²) < 4.78 is 1.15. The van der Waals surface area contributed by atoms with E-state index in [4.69, 9.17) is 5.11 Å². The number of aliphatic hydroxyl groups is 1. The van der Waals surface area contributed by atoms with Gasteiger partial charge in [0.25, 0.3) is 0 Å². The minimum atomic E-state index is -0.355. The summed E-state index contributed by atoms with van der Waals surface area (Å²) in [6.07, 6.45) is 1.42. The third-order valence-electron chi connectivity index (χ3n) is 1.93. The number of anilines is 1. The molecule has 0 amide bonds. The van der Waals surface area contributed by atoms with E-state index in [0.717, 1.165) is 10.5 Å². The van der Waals surface area contributed by atoms with Crippen LogP contribution in [0.2, 0.25) is 0 Å². The predicted molar refractivity (Wildman–Crippen MR) is 59.8 cm³/mol. The molecular formula is C10H12N2OS. The molecule has 3 nitrogen and oxygen atoms in total. The molecule has 4 heteroatoms. The summed E-state index contributed by atoms with van der Waals surface area (Å²) in [5.41, 5.74) is 0. The van der Waals surface area contributed by atoms with E-state index < -0.39 is 0 Å². The molecule has 0 radical (unpaired) electrons. The van der Waals surface area contributed by atoms with Crippen LogP contribution in [-0.2, 0) is 0 Å². The van der Waals surface area contributed by atoms with Crippen LogP contribution >= 0.6 is 11.3 Å². The van der Waals surface area contributed by atoms with Gasteiger partial charge in [0.15, 0.2) is 0 Å². The van der Waals surface area contributed by atoms with Crippen molar-refractivity contribution in [3.63, 3.8) is 0 Å². The Morgan fingerprint density at radius 1 is 1.57 bits per heavy atom. The third-order valence-corrected chi connectivity index (χ3v) is 2.87. The van der Waals surface area contributed by atoms with Gasteiger partial charge in [0.05, 0.1) is 10.8 Å². The standard InChI is InChI=1S/C10H12N2OS/c1-7(13)6-12-10-9-8(2-4-11-10)3-5-14-9/h2-5,7,13H,6H2,1H3,(H,11,12). The fourth-order valence-corrected chi connectivity index (χ4v) is 2.12. The molecule has 0 spiro atoms. The Labute approximate surface area is 86.4 Å². The largest absolute Gasteiger partial charge is 0.392 e. The normalized spacial score (nSPS) is 13.0. The van der Waals surface area contributed by atoms with Gasteiger partial charge < -0.3 is 10.4 Å². The highest BCUT2D eigenvalue weighted by Crippen LogP contribution is 2.26. The van der Waals surface area contributed by atoms with E-state index in [2.05, 4.69) is 16.4 Å². The van der Waals surface area contributed by atoms with E-state index in [1.807, 2.05) is 11.4 Å². The van der Waals surface area contributed by atoms with Crippen molar-refractivity contribution in [3.8, 4) is 0 Å². The molecule has 0 saturated carbocycles. The maximum absolute atomic E-state index is 9.15. The number of aliphatic hydroxyl groups excluding tert-OH is 1. The van der Waals surface area contributed by atoms with Crippen LogP contribution in [-0.4, -0.2) is 22.7 Å². The van der Waals surface area contributed by atoms with Gasteiger partial charge in [-0.1, -0.05) is 0 Å². The van der Waals surface area contributed by atoms with Crippen LogP contribution in [0.4, 0.5) is 5.82 Å². The van der Waals surface area contributed by atoms with Crippen LogP contribution in [0.15, 0.2) is 23.7 Å². The van der Waals surface area contributed by atoms with Gasteiger partial charge in [-0.15, -0.1) is 11.3 Å². The zero-order chi connectivity index (χ0) is 9.97. The number of hydrogen-bond acceptors (Lipinski definition) is 4. The topological polar surface area (TPSA) is 45.1 Å². The third kappa shape index (κ3) is 1.86. The lowest BCUT2D eigenvalue weighted by Crippen LogP contribution is -2.15. The van der Waals surface area contributed by atoms with Crippen LogP contribution in [0.1, 0.15) is 6.92 Å². The molecule has 0 aliphatic rings. The first-order valence-corrected chi connectivity index (χ1v) is 5.39. The van der Waals surface area contributed by atoms with Gasteiger partial charge in [-0.3, -0.25) is 0 Å². The van der Waals surface area contributed by atoms with Crippen molar-refractivity contribution in [3.05, 3.63) is 23.7 Å². The first-order chi connectivity index (χ1) is 6.77. The zero-order valence-corrected chi connectivity index (χ0v) is 8.71. The Balaban J connectivity index is 2.27. The lowest BCUT2D eigenvalue weighted by Gasteiger charge is -2.07. The lowest BCUT2D eigenvalue weighted by molar-refractivity contribution is 0.208. The minimum Gasteiger partial charge on any atom is -0.392 e. The van der Waals surface area contributed by atoms with Crippen molar-refractivity contribution >= 4 is 27.2 Å². The number of nitrogens with zero attached hydrogens (tertiary/aromatic N) is 1. The summed E-state index contributed by atoms with van der Waals surface area (Å²) in [5, 5.41) is 15.5. The second-order valence-electron chi connectivity index (χ2n) is 3.23. The quantitative estimate of drug-likeness (QED) is 0.811. The van der Waals surface area contributed by atoms with E-state index in [0.29, 0.717) is 6.54 Å². The average Bonchev–Trinajstić information content (AvgIpc) is 2.62. The highest BCUT2D eigenvalue weighted by atomic mass is 32.1. The molecule has 1 atom stereocenters. The van der Waals surface area contributed by atoms with Crippen LogP contribution in [0.3, 0.4) is 0 Å². The van der Waals surface area contributed by atoms with Crippen molar-refractivity contribution in [2.45, 2.75) is 13.0 Å². The fourth-order valence-electron chi connectivity index (χ4n) is 1.26. The number of fused-ring (bicyclic) bond motifs is 1. The fraction of sp³-hybridized carbons (Fsp3) is 0.300. The van der Waals surface area contributed by atoms with Gasteiger partial charge in [0, 0.05) is 12.7 Å². The summed E-state index contributed by atoms with van der Waals surface area (Å²) in [5.74, 6) is 0.860. The molecule has 14 heavy (non-hydrogen) atoms. The maximum Gasteiger partial charge on any atom is 0.144 e. The van der Waals surface area contributed by atoms with Crippen LogP contribution in [0.5, 0.6) is 0 Å². The van der Waals surface area contributed by atoms with Crippen LogP contribution < -0.4 is 5.32 Å². The molecule has 0 saturated heterocycles. The minimum absolute atomic E-state index is 0.355. The second-order valence-corrected chi connectivity index (χ2v) is 4.14. The summed E-state index contributed by atoms with van der Waals surface area (Å²) >= 11 is 1.66. The number of thiophene rings is 1. The summed E-state index contributed by atoms with van der Waals surface area (Å²) in [6, 6.07) is 4.05. The zero-order valence-electron chi connectivity index (χ0n) is 7.90. The van der Waals surface area contributed by atoms with E-state index in [1.54, 1.807) is 24.5 Å². The van der Waals surface area contributed by atoms with Crippen LogP contribution in [0, 0.1) is 0 Å². The molecular weight excluding hydrogens is 196 g/mol. The molecule has 2 aromatic rings. The number of nitrogens with one attached hydrogen (secondary N) is 1. The summed E-state index contributed by atoms with van der Waals surface area (Å²) in [4.78, 5) is 4.24. The Hall–Kier alpha value is -1.13. The van der Waals surface area contributed by atoms with E-state index in [9.17, 15) is 0 Å². The molecule has 2 N–H and O–H groups in total. The molecule has 0 aliphatic carbocycles. The Bertz CT molecular complexity index is 425. The van der Waals surface area contributed by atoms with Gasteiger partial charge >= 0.3 is 0 Å². The first kappa shape index (κ1) is 9.43. The van der Waals surface area contributed by atoms with Gasteiger partial charge in [-0.05, 0) is 29.8 Å². The highest BCUT2D eigenvalue weighted by molar-refractivity contribution is 7.17. The Morgan fingerprint density at radius 2 is 2.43 bits per heavy atom. The van der Waals surface area contributed by atoms with E-state index >= 15 is 0 Å². The molecule has 0 aromatic carbocycles. The molecule has 74 valence electrons. The Morgan fingerprint density at radius 3 is 3.21 bits per heavy atom. The average molecular weight is 208 g/mol. The van der Waals surface area contributed by atoms with Gasteiger partial charge in [0.1, 0.15) is 5.82 Å².